The quantitative estimate of drug-likeness (QED) is 0.587. The van der Waals surface area contributed by atoms with Crippen LogP contribution in [0.3, 0.4) is 0 Å². The van der Waals surface area contributed by atoms with Gasteiger partial charge in [-0.25, -0.2) is 4.98 Å². The lowest BCUT2D eigenvalue weighted by molar-refractivity contribution is -0.137. The third-order valence-electron chi connectivity index (χ3n) is 4.51. The van der Waals surface area contributed by atoms with Crippen molar-refractivity contribution in [3.63, 3.8) is 0 Å². The fraction of sp³-hybridized carbons (Fsp3) is 0.278. The number of H-pyrrole nitrogens is 1. The average molecular weight is 453 g/mol. The molecule has 3 aromatic heterocycles. The van der Waals surface area contributed by atoms with Crippen molar-refractivity contribution in [1.29, 1.82) is 5.26 Å². The smallest absolute Gasteiger partial charge is 0.381 e. The van der Waals surface area contributed by atoms with Crippen LogP contribution in [0.5, 0.6) is 0 Å². The summed E-state index contributed by atoms with van der Waals surface area (Å²) in [5.74, 6) is 0.0496. The predicted octanol–water partition coefficient (Wildman–Crippen LogP) is 2.55. The Bertz CT molecular complexity index is 1180. The van der Waals surface area contributed by atoms with Crippen molar-refractivity contribution in [3.8, 4) is 11.9 Å². The van der Waals surface area contributed by atoms with Crippen molar-refractivity contribution in [1.82, 2.24) is 25.0 Å². The second kappa shape index (κ2) is 8.65. The third kappa shape index (κ3) is 4.61. The molecule has 31 heavy (non-hydrogen) atoms. The predicted molar refractivity (Wildman–Crippen MR) is 107 cm³/mol. The van der Waals surface area contributed by atoms with Gasteiger partial charge in [-0.15, -0.1) is 0 Å². The van der Waals surface area contributed by atoms with E-state index in [1.54, 1.807) is 11.9 Å². The van der Waals surface area contributed by atoms with Gasteiger partial charge in [0, 0.05) is 19.8 Å². The molecule has 0 bridgehead atoms. The summed E-state index contributed by atoms with van der Waals surface area (Å²) in [6.07, 6.45) is -1.50. The summed E-state index contributed by atoms with van der Waals surface area (Å²) < 4.78 is 38.9. The Morgan fingerprint density at radius 3 is 2.71 bits per heavy atom. The maximum Gasteiger partial charge on any atom is 0.417 e. The lowest BCUT2D eigenvalue weighted by atomic mass is 10.1. The molecule has 0 radical (unpaired) electrons. The number of anilines is 2. The van der Waals surface area contributed by atoms with E-state index in [0.29, 0.717) is 42.5 Å². The highest BCUT2D eigenvalue weighted by atomic mass is 35.5. The van der Waals surface area contributed by atoms with Crippen molar-refractivity contribution in [2.75, 3.05) is 24.2 Å². The second-order valence-electron chi connectivity index (χ2n) is 6.56. The molecular formula is C18H16ClF3N8O. The summed E-state index contributed by atoms with van der Waals surface area (Å²) in [5.41, 5.74) is 5.21. The SMILES string of the molecule is CN(CCCc1[nH]nc(N)c1C#N)c1cnn(-c2ccc(C(F)(F)F)cn2)c(=O)c1Cl. The Labute approximate surface area is 178 Å². The Hall–Kier alpha value is -3.59. The van der Waals surface area contributed by atoms with E-state index in [1.807, 2.05) is 6.07 Å². The Morgan fingerprint density at radius 2 is 2.10 bits per heavy atom. The lowest BCUT2D eigenvalue weighted by Crippen LogP contribution is -2.27. The number of hydrogen-bond acceptors (Lipinski definition) is 7. The van der Waals surface area contributed by atoms with E-state index in [4.69, 9.17) is 22.6 Å². The normalized spacial score (nSPS) is 11.4. The molecule has 0 aliphatic carbocycles. The molecule has 0 atom stereocenters. The number of nitrogens with one attached hydrogen (secondary N) is 1. The number of halogens is 4. The van der Waals surface area contributed by atoms with Gasteiger partial charge in [0.15, 0.2) is 11.6 Å². The molecule has 13 heteroatoms. The molecule has 3 rings (SSSR count). The number of rotatable bonds is 6. The number of alkyl halides is 3. The van der Waals surface area contributed by atoms with Gasteiger partial charge in [-0.3, -0.25) is 9.89 Å². The van der Waals surface area contributed by atoms with E-state index in [9.17, 15) is 18.0 Å². The van der Waals surface area contributed by atoms with Crippen LogP contribution in [-0.4, -0.2) is 38.6 Å². The second-order valence-corrected chi connectivity index (χ2v) is 6.94. The monoisotopic (exact) mass is 452 g/mol. The first-order valence-electron chi connectivity index (χ1n) is 8.89. The van der Waals surface area contributed by atoms with Gasteiger partial charge in [0.25, 0.3) is 5.56 Å². The fourth-order valence-corrected chi connectivity index (χ4v) is 3.12. The molecule has 0 spiro atoms. The first-order chi connectivity index (χ1) is 14.6. The molecule has 0 saturated carbocycles. The van der Waals surface area contributed by atoms with Gasteiger partial charge in [0.2, 0.25) is 0 Å². The summed E-state index contributed by atoms with van der Waals surface area (Å²) in [5, 5.41) is 19.4. The minimum Gasteiger partial charge on any atom is -0.381 e. The van der Waals surface area contributed by atoms with Crippen LogP contribution in [0.4, 0.5) is 24.7 Å². The first kappa shape index (κ1) is 22.1. The van der Waals surface area contributed by atoms with E-state index >= 15 is 0 Å². The summed E-state index contributed by atoms with van der Waals surface area (Å²) in [4.78, 5) is 17.9. The highest BCUT2D eigenvalue weighted by Gasteiger charge is 2.30. The van der Waals surface area contributed by atoms with Crippen molar-refractivity contribution in [2.45, 2.75) is 19.0 Å². The number of nitrogens with zero attached hydrogens (tertiary/aromatic N) is 6. The zero-order valence-electron chi connectivity index (χ0n) is 16.1. The largest absolute Gasteiger partial charge is 0.417 e. The van der Waals surface area contributed by atoms with Crippen LogP contribution in [0, 0.1) is 11.3 Å². The number of hydrogen-bond donors (Lipinski definition) is 2. The summed E-state index contributed by atoms with van der Waals surface area (Å²) in [6, 6.07) is 3.84. The van der Waals surface area contributed by atoms with Gasteiger partial charge < -0.3 is 10.6 Å². The van der Waals surface area contributed by atoms with Crippen LogP contribution < -0.4 is 16.2 Å². The molecule has 162 valence electrons. The van der Waals surface area contributed by atoms with E-state index in [1.165, 1.54) is 6.20 Å². The van der Waals surface area contributed by atoms with Crippen LogP contribution in [0.2, 0.25) is 5.02 Å². The van der Waals surface area contributed by atoms with Gasteiger partial charge in [-0.1, -0.05) is 11.6 Å². The van der Waals surface area contributed by atoms with Crippen molar-refractivity contribution < 1.29 is 13.2 Å². The van der Waals surface area contributed by atoms with Crippen molar-refractivity contribution >= 4 is 23.1 Å². The average Bonchev–Trinajstić information content (AvgIpc) is 3.08. The first-order valence-corrected chi connectivity index (χ1v) is 9.26. The summed E-state index contributed by atoms with van der Waals surface area (Å²) in [7, 11) is 1.70. The standard InChI is InChI=1S/C18H16ClF3N8O/c1-29(6-2-3-12-11(7-23)16(24)28-27-12)13-9-26-30(17(31)15(13)19)14-5-4-10(8-25-14)18(20,21)22/h4-5,8-9H,2-3,6H2,1H3,(H3,24,27,28). The molecule has 0 aliphatic heterocycles. The molecule has 0 aromatic carbocycles. The zero-order valence-corrected chi connectivity index (χ0v) is 16.9. The number of nitriles is 1. The van der Waals surface area contributed by atoms with Gasteiger partial charge in [0.05, 0.1) is 23.1 Å². The number of nitrogens with two attached hydrogens (primary N) is 1. The highest BCUT2D eigenvalue weighted by molar-refractivity contribution is 6.33. The van der Waals surface area contributed by atoms with Crippen LogP contribution in [0.25, 0.3) is 5.82 Å². The molecule has 9 nitrogen and oxygen atoms in total. The number of aromatic nitrogens is 5. The third-order valence-corrected chi connectivity index (χ3v) is 4.86. The molecule has 3 aromatic rings. The van der Waals surface area contributed by atoms with E-state index in [0.717, 1.165) is 16.8 Å². The van der Waals surface area contributed by atoms with E-state index in [-0.39, 0.29) is 16.7 Å². The fourth-order valence-electron chi connectivity index (χ4n) is 2.85. The Balaban J connectivity index is 1.74. The molecular weight excluding hydrogens is 437 g/mol. The van der Waals surface area contributed by atoms with Crippen LogP contribution in [-0.2, 0) is 12.6 Å². The number of pyridine rings is 1. The Kier molecular flexibility index (Phi) is 6.16. The summed E-state index contributed by atoms with van der Waals surface area (Å²) in [6.45, 7) is 0.465. The maximum absolute atomic E-state index is 12.7. The van der Waals surface area contributed by atoms with Crippen molar-refractivity contribution in [3.05, 3.63) is 56.7 Å². The number of nitrogen functional groups attached to an aromatic ring is 1. The minimum atomic E-state index is -4.54. The lowest BCUT2D eigenvalue weighted by Gasteiger charge is -2.20. The summed E-state index contributed by atoms with van der Waals surface area (Å²) >= 11 is 6.20. The van der Waals surface area contributed by atoms with Gasteiger partial charge in [-0.05, 0) is 25.0 Å². The van der Waals surface area contributed by atoms with Gasteiger partial charge in [0.1, 0.15) is 16.7 Å². The van der Waals surface area contributed by atoms with Crippen molar-refractivity contribution in [2.24, 2.45) is 0 Å². The topological polar surface area (TPSA) is 130 Å². The molecule has 0 amide bonds. The molecule has 0 fully saturated rings. The number of aromatic amines is 1. The van der Waals surface area contributed by atoms with Gasteiger partial charge in [-0.2, -0.15) is 33.3 Å². The molecule has 3 N–H and O–H groups in total. The van der Waals surface area contributed by atoms with Crippen LogP contribution >= 0.6 is 11.6 Å². The molecule has 0 aliphatic rings. The van der Waals surface area contributed by atoms with Crippen LogP contribution in [0.15, 0.2) is 29.3 Å². The zero-order chi connectivity index (χ0) is 22.8. The molecule has 0 unspecified atom stereocenters. The van der Waals surface area contributed by atoms with Gasteiger partial charge >= 0.3 is 6.18 Å². The highest BCUT2D eigenvalue weighted by Crippen LogP contribution is 2.28. The Morgan fingerprint density at radius 1 is 1.35 bits per heavy atom. The van der Waals surface area contributed by atoms with E-state index in [2.05, 4.69) is 20.3 Å². The molecule has 0 saturated heterocycles. The number of aryl methyl sites for hydroxylation is 1. The van der Waals surface area contributed by atoms with E-state index < -0.39 is 17.3 Å². The maximum atomic E-state index is 12.7. The minimum absolute atomic E-state index is 0.0880. The molecule has 3 heterocycles. The van der Waals surface area contributed by atoms with Crippen LogP contribution in [0.1, 0.15) is 23.2 Å².